The summed E-state index contributed by atoms with van der Waals surface area (Å²) < 4.78 is 27.3. The summed E-state index contributed by atoms with van der Waals surface area (Å²) in [6.45, 7) is 7.14. The van der Waals surface area contributed by atoms with Gasteiger partial charge in [-0.05, 0) is 29.9 Å². The molecule has 1 fully saturated rings. The zero-order chi connectivity index (χ0) is 15.0. The van der Waals surface area contributed by atoms with Crippen LogP contribution in [-0.2, 0) is 15.4 Å². The van der Waals surface area contributed by atoms with E-state index in [1.54, 1.807) is 16.4 Å². The molecule has 0 aliphatic carbocycles. The lowest BCUT2D eigenvalue weighted by Crippen LogP contribution is -2.43. The van der Waals surface area contributed by atoms with E-state index in [-0.39, 0.29) is 23.9 Å². The number of nitrogens with two attached hydrogens (primary N) is 1. The van der Waals surface area contributed by atoms with Crippen molar-refractivity contribution in [1.29, 1.82) is 0 Å². The fraction of sp³-hybridized carbons (Fsp3) is 0.600. The molecular formula is C15H25ClN2O2S. The Morgan fingerprint density at radius 3 is 2.19 bits per heavy atom. The standard InChI is InChI=1S/C15H24N2O2S.ClH/c1-15(2,3)13-6-4-5-7-14(13)20(18,19)17-10-8-12(16)9-11-17;/h4-7,12H,8-11,16H2,1-3H3;1H. The van der Waals surface area contributed by atoms with Crippen LogP contribution in [0.2, 0.25) is 0 Å². The lowest BCUT2D eigenvalue weighted by Gasteiger charge is -2.31. The Balaban J connectivity index is 0.00000220. The molecule has 0 amide bonds. The van der Waals surface area contributed by atoms with Crippen molar-refractivity contribution in [3.05, 3.63) is 29.8 Å². The van der Waals surface area contributed by atoms with Crippen molar-refractivity contribution in [3.8, 4) is 0 Å². The molecule has 0 aromatic heterocycles. The van der Waals surface area contributed by atoms with Gasteiger partial charge < -0.3 is 5.73 Å². The molecule has 21 heavy (non-hydrogen) atoms. The van der Waals surface area contributed by atoms with Crippen LogP contribution >= 0.6 is 12.4 Å². The second kappa shape index (κ2) is 6.65. The van der Waals surface area contributed by atoms with Gasteiger partial charge in [0.2, 0.25) is 10.0 Å². The number of sulfonamides is 1. The number of benzene rings is 1. The summed E-state index contributed by atoms with van der Waals surface area (Å²) in [5.74, 6) is 0. The third-order valence-electron chi connectivity index (χ3n) is 3.81. The fourth-order valence-electron chi connectivity index (χ4n) is 2.57. The van der Waals surface area contributed by atoms with Crippen LogP contribution < -0.4 is 5.73 Å². The van der Waals surface area contributed by atoms with Gasteiger partial charge in [0.05, 0.1) is 4.90 Å². The molecule has 2 N–H and O–H groups in total. The molecule has 0 bridgehead atoms. The Kier molecular flexibility index (Phi) is 5.83. The maximum Gasteiger partial charge on any atom is 0.243 e. The number of hydrogen-bond acceptors (Lipinski definition) is 3. The van der Waals surface area contributed by atoms with E-state index in [2.05, 4.69) is 0 Å². The molecular weight excluding hydrogens is 308 g/mol. The molecule has 0 radical (unpaired) electrons. The minimum absolute atomic E-state index is 0. The Labute approximate surface area is 134 Å². The highest BCUT2D eigenvalue weighted by Gasteiger charge is 2.32. The third kappa shape index (κ3) is 3.97. The predicted molar refractivity (Wildman–Crippen MR) is 88.4 cm³/mol. The summed E-state index contributed by atoms with van der Waals surface area (Å²) >= 11 is 0. The van der Waals surface area contributed by atoms with Gasteiger partial charge in [0.15, 0.2) is 0 Å². The number of rotatable bonds is 2. The van der Waals surface area contributed by atoms with Gasteiger partial charge in [0.25, 0.3) is 0 Å². The molecule has 6 heteroatoms. The van der Waals surface area contributed by atoms with Crippen molar-refractivity contribution in [2.45, 2.75) is 50.0 Å². The number of nitrogens with zero attached hydrogens (tertiary/aromatic N) is 1. The SMILES string of the molecule is CC(C)(C)c1ccccc1S(=O)(=O)N1CCC(N)CC1.Cl. The van der Waals surface area contributed by atoms with Gasteiger partial charge in [0, 0.05) is 19.1 Å². The molecule has 0 unspecified atom stereocenters. The van der Waals surface area contributed by atoms with Gasteiger partial charge in [-0.2, -0.15) is 4.31 Å². The van der Waals surface area contributed by atoms with Crippen molar-refractivity contribution >= 4 is 22.4 Å². The summed E-state index contributed by atoms with van der Waals surface area (Å²) in [4.78, 5) is 0.433. The van der Waals surface area contributed by atoms with Crippen LogP contribution in [0.3, 0.4) is 0 Å². The molecule has 1 saturated heterocycles. The summed E-state index contributed by atoms with van der Waals surface area (Å²) in [6, 6.07) is 7.43. The molecule has 2 rings (SSSR count). The van der Waals surface area contributed by atoms with Crippen LogP contribution in [0.15, 0.2) is 29.2 Å². The van der Waals surface area contributed by atoms with Crippen LogP contribution in [0, 0.1) is 0 Å². The number of halogens is 1. The minimum Gasteiger partial charge on any atom is -0.328 e. The first-order valence-corrected chi connectivity index (χ1v) is 8.52. The van der Waals surface area contributed by atoms with Crippen LogP contribution in [0.5, 0.6) is 0 Å². The van der Waals surface area contributed by atoms with Crippen LogP contribution in [0.1, 0.15) is 39.2 Å². The van der Waals surface area contributed by atoms with Crippen molar-refractivity contribution < 1.29 is 8.42 Å². The fourth-order valence-corrected chi connectivity index (χ4v) is 4.44. The predicted octanol–water partition coefficient (Wildman–Crippen LogP) is 2.52. The van der Waals surface area contributed by atoms with E-state index in [1.165, 1.54) is 0 Å². The maximum atomic E-state index is 12.8. The molecule has 1 aliphatic heterocycles. The van der Waals surface area contributed by atoms with Crippen LogP contribution in [-0.4, -0.2) is 31.9 Å². The molecule has 1 heterocycles. The van der Waals surface area contributed by atoms with Gasteiger partial charge in [-0.3, -0.25) is 0 Å². The van der Waals surface area contributed by atoms with Crippen LogP contribution in [0.25, 0.3) is 0 Å². The quantitative estimate of drug-likeness (QED) is 0.905. The van der Waals surface area contributed by atoms with Gasteiger partial charge in [-0.25, -0.2) is 8.42 Å². The molecule has 0 spiro atoms. The first-order chi connectivity index (χ1) is 9.23. The summed E-state index contributed by atoms with van der Waals surface area (Å²) in [6.07, 6.45) is 1.47. The normalized spacial score (nSPS) is 18.3. The van der Waals surface area contributed by atoms with Crippen LogP contribution in [0.4, 0.5) is 0 Å². The highest BCUT2D eigenvalue weighted by molar-refractivity contribution is 7.89. The van der Waals surface area contributed by atoms with E-state index in [0.717, 1.165) is 18.4 Å². The zero-order valence-corrected chi connectivity index (χ0v) is 14.5. The Morgan fingerprint density at radius 1 is 1.14 bits per heavy atom. The van der Waals surface area contributed by atoms with E-state index < -0.39 is 10.0 Å². The Bertz CT molecular complexity index is 574. The zero-order valence-electron chi connectivity index (χ0n) is 12.9. The van der Waals surface area contributed by atoms with Gasteiger partial charge in [-0.1, -0.05) is 39.0 Å². The Hall–Kier alpha value is -0.620. The molecule has 0 atom stereocenters. The monoisotopic (exact) mass is 332 g/mol. The second-order valence-electron chi connectivity index (χ2n) is 6.49. The highest BCUT2D eigenvalue weighted by Crippen LogP contribution is 2.31. The smallest absolute Gasteiger partial charge is 0.243 e. The molecule has 1 aromatic rings. The van der Waals surface area contributed by atoms with E-state index >= 15 is 0 Å². The lowest BCUT2D eigenvalue weighted by molar-refractivity contribution is 0.319. The largest absolute Gasteiger partial charge is 0.328 e. The summed E-state index contributed by atoms with van der Waals surface area (Å²) in [7, 11) is -3.42. The molecule has 1 aromatic carbocycles. The molecule has 4 nitrogen and oxygen atoms in total. The Morgan fingerprint density at radius 2 is 1.67 bits per heavy atom. The first kappa shape index (κ1) is 18.4. The minimum atomic E-state index is -3.42. The average Bonchev–Trinajstić information content (AvgIpc) is 2.38. The first-order valence-electron chi connectivity index (χ1n) is 7.08. The van der Waals surface area contributed by atoms with Crippen molar-refractivity contribution in [2.24, 2.45) is 5.73 Å². The van der Waals surface area contributed by atoms with Crippen molar-refractivity contribution in [3.63, 3.8) is 0 Å². The van der Waals surface area contributed by atoms with E-state index in [1.807, 2.05) is 32.9 Å². The van der Waals surface area contributed by atoms with Gasteiger partial charge >= 0.3 is 0 Å². The second-order valence-corrected chi connectivity index (χ2v) is 8.39. The topological polar surface area (TPSA) is 63.4 Å². The summed E-state index contributed by atoms with van der Waals surface area (Å²) in [5, 5.41) is 0. The van der Waals surface area contributed by atoms with E-state index in [4.69, 9.17) is 5.73 Å². The van der Waals surface area contributed by atoms with Gasteiger partial charge in [0.1, 0.15) is 0 Å². The average molecular weight is 333 g/mol. The molecule has 0 saturated carbocycles. The molecule has 120 valence electrons. The van der Waals surface area contributed by atoms with E-state index in [0.29, 0.717) is 18.0 Å². The van der Waals surface area contributed by atoms with Gasteiger partial charge in [-0.15, -0.1) is 12.4 Å². The van der Waals surface area contributed by atoms with Crippen molar-refractivity contribution in [2.75, 3.05) is 13.1 Å². The highest BCUT2D eigenvalue weighted by atomic mass is 35.5. The third-order valence-corrected chi connectivity index (χ3v) is 5.77. The van der Waals surface area contributed by atoms with E-state index in [9.17, 15) is 8.42 Å². The number of hydrogen-bond donors (Lipinski definition) is 1. The number of piperidine rings is 1. The lowest BCUT2D eigenvalue weighted by atomic mass is 9.87. The molecule has 1 aliphatic rings. The summed E-state index contributed by atoms with van der Waals surface area (Å²) in [5.41, 5.74) is 6.53. The maximum absolute atomic E-state index is 12.8. The van der Waals surface area contributed by atoms with Crippen molar-refractivity contribution in [1.82, 2.24) is 4.31 Å².